The Morgan fingerprint density at radius 3 is 3.00 bits per heavy atom. The third-order valence-electron chi connectivity index (χ3n) is 2.05. The Balaban J connectivity index is 1.96. The van der Waals surface area contributed by atoms with Gasteiger partial charge in [0.25, 0.3) is 0 Å². The van der Waals surface area contributed by atoms with Gasteiger partial charge in [0.1, 0.15) is 0 Å². The van der Waals surface area contributed by atoms with Crippen molar-refractivity contribution in [1.82, 2.24) is 4.90 Å². The van der Waals surface area contributed by atoms with Crippen molar-refractivity contribution in [3.8, 4) is 0 Å². The molecule has 1 radical (unpaired) electrons. The Hall–Kier alpha value is -0.0800. The van der Waals surface area contributed by atoms with Crippen molar-refractivity contribution in [1.29, 1.82) is 0 Å². The SMILES string of the molecule is CCCCCN1C[CH]OCC1. The maximum absolute atomic E-state index is 5.14. The molecule has 1 fully saturated rings. The van der Waals surface area contributed by atoms with Crippen molar-refractivity contribution in [2.24, 2.45) is 0 Å². The summed E-state index contributed by atoms with van der Waals surface area (Å²) >= 11 is 0. The summed E-state index contributed by atoms with van der Waals surface area (Å²) in [6.07, 6.45) is 4.01. The minimum absolute atomic E-state index is 0.881. The fraction of sp³-hybridized carbons (Fsp3) is 0.889. The van der Waals surface area contributed by atoms with Crippen molar-refractivity contribution in [3.05, 3.63) is 6.61 Å². The van der Waals surface area contributed by atoms with Crippen LogP contribution in [-0.2, 0) is 4.74 Å². The lowest BCUT2D eigenvalue weighted by atomic mass is 10.2. The van der Waals surface area contributed by atoms with Gasteiger partial charge in [0.05, 0.1) is 13.2 Å². The van der Waals surface area contributed by atoms with Gasteiger partial charge in [-0.25, -0.2) is 0 Å². The van der Waals surface area contributed by atoms with Crippen molar-refractivity contribution >= 4 is 0 Å². The maximum Gasteiger partial charge on any atom is 0.0976 e. The molecule has 1 rings (SSSR count). The van der Waals surface area contributed by atoms with Gasteiger partial charge in [-0.1, -0.05) is 19.8 Å². The molecule has 0 spiro atoms. The Kier molecular flexibility index (Phi) is 4.55. The van der Waals surface area contributed by atoms with E-state index in [0.717, 1.165) is 19.7 Å². The number of rotatable bonds is 4. The zero-order chi connectivity index (χ0) is 7.94. The van der Waals surface area contributed by atoms with E-state index in [1.807, 2.05) is 6.61 Å². The van der Waals surface area contributed by atoms with Crippen molar-refractivity contribution < 1.29 is 4.74 Å². The zero-order valence-corrected chi connectivity index (χ0v) is 7.38. The first-order chi connectivity index (χ1) is 5.43. The Bertz CT molecular complexity index is 89.6. The highest BCUT2D eigenvalue weighted by Crippen LogP contribution is 2.03. The van der Waals surface area contributed by atoms with Gasteiger partial charge in [-0.05, 0) is 13.0 Å². The Morgan fingerprint density at radius 2 is 2.36 bits per heavy atom. The van der Waals surface area contributed by atoms with Gasteiger partial charge in [-0.2, -0.15) is 0 Å². The molecule has 1 aliphatic rings. The van der Waals surface area contributed by atoms with E-state index >= 15 is 0 Å². The minimum atomic E-state index is 0.881. The summed E-state index contributed by atoms with van der Waals surface area (Å²) in [7, 11) is 0. The topological polar surface area (TPSA) is 12.5 Å². The van der Waals surface area contributed by atoms with Crippen LogP contribution in [0.1, 0.15) is 26.2 Å². The first-order valence-corrected chi connectivity index (χ1v) is 4.59. The van der Waals surface area contributed by atoms with Gasteiger partial charge in [0.15, 0.2) is 0 Å². The standard InChI is InChI=1S/C9H18NO/c1-2-3-4-5-10-6-8-11-9-7-10/h8H,2-7,9H2,1H3. The van der Waals surface area contributed by atoms with Crippen LogP contribution < -0.4 is 0 Å². The molecule has 0 unspecified atom stereocenters. The van der Waals surface area contributed by atoms with E-state index in [2.05, 4.69) is 11.8 Å². The molecule has 0 aliphatic carbocycles. The molecule has 2 heteroatoms. The highest BCUT2D eigenvalue weighted by atomic mass is 16.5. The lowest BCUT2D eigenvalue weighted by molar-refractivity contribution is 0.0843. The van der Waals surface area contributed by atoms with Crippen LogP contribution in [-0.4, -0.2) is 31.1 Å². The first-order valence-electron chi connectivity index (χ1n) is 4.59. The third-order valence-corrected chi connectivity index (χ3v) is 2.05. The number of nitrogens with zero attached hydrogens (tertiary/aromatic N) is 1. The van der Waals surface area contributed by atoms with E-state index in [0.29, 0.717) is 0 Å². The van der Waals surface area contributed by atoms with Gasteiger partial charge >= 0.3 is 0 Å². The number of morpholine rings is 1. The summed E-state index contributed by atoms with van der Waals surface area (Å²) < 4.78 is 5.14. The third kappa shape index (κ3) is 3.73. The molecular weight excluding hydrogens is 138 g/mol. The van der Waals surface area contributed by atoms with Crippen molar-refractivity contribution in [2.75, 3.05) is 26.2 Å². The average Bonchev–Trinajstić information content (AvgIpc) is 2.07. The van der Waals surface area contributed by atoms with E-state index in [-0.39, 0.29) is 0 Å². The molecule has 0 aromatic heterocycles. The van der Waals surface area contributed by atoms with E-state index in [9.17, 15) is 0 Å². The second-order valence-electron chi connectivity index (χ2n) is 3.05. The molecule has 0 N–H and O–H groups in total. The fourth-order valence-corrected chi connectivity index (χ4v) is 1.30. The summed E-state index contributed by atoms with van der Waals surface area (Å²) in [5.74, 6) is 0. The molecule has 0 bridgehead atoms. The monoisotopic (exact) mass is 156 g/mol. The lowest BCUT2D eigenvalue weighted by Gasteiger charge is -2.25. The van der Waals surface area contributed by atoms with Gasteiger partial charge in [0, 0.05) is 13.1 Å². The van der Waals surface area contributed by atoms with Crippen LogP contribution in [0.2, 0.25) is 0 Å². The highest BCUT2D eigenvalue weighted by molar-refractivity contribution is 4.68. The average molecular weight is 156 g/mol. The van der Waals surface area contributed by atoms with Crippen LogP contribution in [0, 0.1) is 6.61 Å². The zero-order valence-electron chi connectivity index (χ0n) is 7.38. The molecule has 0 aromatic carbocycles. The molecule has 1 aliphatic heterocycles. The second kappa shape index (κ2) is 5.56. The van der Waals surface area contributed by atoms with Crippen LogP contribution in [0.4, 0.5) is 0 Å². The van der Waals surface area contributed by atoms with Crippen molar-refractivity contribution in [3.63, 3.8) is 0 Å². The van der Waals surface area contributed by atoms with Gasteiger partial charge in [0.2, 0.25) is 0 Å². The summed E-state index contributed by atoms with van der Waals surface area (Å²) in [6.45, 7) is 8.41. The van der Waals surface area contributed by atoms with Crippen LogP contribution in [0.15, 0.2) is 0 Å². The number of hydrogen-bond acceptors (Lipinski definition) is 2. The van der Waals surface area contributed by atoms with Crippen LogP contribution in [0.3, 0.4) is 0 Å². The normalized spacial score (nSPS) is 20.5. The molecule has 0 amide bonds. The Morgan fingerprint density at radius 1 is 1.45 bits per heavy atom. The molecule has 65 valence electrons. The lowest BCUT2D eigenvalue weighted by Crippen LogP contribution is -2.34. The van der Waals surface area contributed by atoms with Gasteiger partial charge < -0.3 is 4.74 Å². The van der Waals surface area contributed by atoms with Crippen LogP contribution in [0.5, 0.6) is 0 Å². The van der Waals surface area contributed by atoms with Gasteiger partial charge in [-0.3, -0.25) is 4.90 Å². The first kappa shape index (κ1) is 9.01. The fourth-order valence-electron chi connectivity index (χ4n) is 1.30. The van der Waals surface area contributed by atoms with E-state index in [1.54, 1.807) is 0 Å². The molecule has 0 saturated carbocycles. The molecule has 1 heterocycles. The highest BCUT2D eigenvalue weighted by Gasteiger charge is 2.08. The summed E-state index contributed by atoms with van der Waals surface area (Å²) in [4.78, 5) is 2.44. The molecular formula is C9H18NO. The second-order valence-corrected chi connectivity index (χ2v) is 3.05. The summed E-state index contributed by atoms with van der Waals surface area (Å²) in [6, 6.07) is 0. The summed E-state index contributed by atoms with van der Waals surface area (Å²) in [5.41, 5.74) is 0. The molecule has 11 heavy (non-hydrogen) atoms. The molecule has 0 aromatic rings. The number of unbranched alkanes of at least 4 members (excludes halogenated alkanes) is 2. The maximum atomic E-state index is 5.14. The van der Waals surface area contributed by atoms with Gasteiger partial charge in [-0.15, -0.1) is 0 Å². The quantitative estimate of drug-likeness (QED) is 0.574. The largest absolute Gasteiger partial charge is 0.373 e. The number of ether oxygens (including phenoxy) is 1. The van der Waals surface area contributed by atoms with E-state index in [4.69, 9.17) is 4.74 Å². The Labute approximate surface area is 69.5 Å². The molecule has 0 atom stereocenters. The van der Waals surface area contributed by atoms with Crippen LogP contribution >= 0.6 is 0 Å². The molecule has 1 saturated heterocycles. The van der Waals surface area contributed by atoms with E-state index in [1.165, 1.54) is 25.8 Å². The molecule has 2 nitrogen and oxygen atoms in total. The smallest absolute Gasteiger partial charge is 0.0976 e. The number of hydrogen-bond donors (Lipinski definition) is 0. The van der Waals surface area contributed by atoms with Crippen molar-refractivity contribution in [2.45, 2.75) is 26.2 Å². The summed E-state index contributed by atoms with van der Waals surface area (Å²) in [5, 5.41) is 0. The van der Waals surface area contributed by atoms with E-state index < -0.39 is 0 Å². The predicted molar refractivity (Wildman–Crippen MR) is 46.2 cm³/mol. The minimum Gasteiger partial charge on any atom is -0.373 e. The van der Waals surface area contributed by atoms with Crippen LogP contribution in [0.25, 0.3) is 0 Å². The predicted octanol–water partition coefficient (Wildman–Crippen LogP) is 1.67.